The monoisotopic (exact) mass is 317 g/mol. The van der Waals surface area contributed by atoms with Gasteiger partial charge in [0.05, 0.1) is 26.8 Å². The molecule has 2 aromatic rings. The molecule has 0 saturated heterocycles. The Morgan fingerprint density at radius 2 is 2.13 bits per heavy atom. The topological polar surface area (TPSA) is 91.2 Å². The van der Waals surface area contributed by atoms with E-state index in [0.717, 1.165) is 24.2 Å². The van der Waals surface area contributed by atoms with Crippen LogP contribution in [0.5, 0.6) is 11.5 Å². The summed E-state index contributed by atoms with van der Waals surface area (Å²) in [5.41, 5.74) is 2.28. The summed E-state index contributed by atoms with van der Waals surface area (Å²) in [6.45, 7) is 0.463. The van der Waals surface area contributed by atoms with E-state index in [-0.39, 0.29) is 11.9 Å². The number of hydrogen-bond acceptors (Lipinski definition) is 6. The minimum absolute atomic E-state index is 0.00572. The summed E-state index contributed by atoms with van der Waals surface area (Å²) in [7, 11) is 3.23. The van der Waals surface area contributed by atoms with E-state index in [1.807, 2.05) is 12.1 Å². The maximum atomic E-state index is 12.1. The number of fused-ring (bicyclic) bond motifs is 1. The second kappa shape index (κ2) is 6.64. The standard InChI is InChI=1S/C15H19N5O3/c1-22-13-7-10-3-4-12(11(10)8-14(13)23-2)17-15(21)5-6-20-9-16-18-19-20/h7-9,12H,3-6H2,1-2H3,(H,17,21)/t12-/m0/s1. The largest absolute Gasteiger partial charge is 0.493 e. The molecule has 0 aliphatic heterocycles. The van der Waals surface area contributed by atoms with Gasteiger partial charge in [-0.15, -0.1) is 5.10 Å². The highest BCUT2D eigenvalue weighted by Crippen LogP contribution is 2.39. The lowest BCUT2D eigenvalue weighted by Gasteiger charge is -2.16. The molecule has 1 amide bonds. The van der Waals surface area contributed by atoms with Crippen molar-refractivity contribution in [1.82, 2.24) is 25.5 Å². The zero-order valence-electron chi connectivity index (χ0n) is 13.2. The maximum absolute atomic E-state index is 12.1. The van der Waals surface area contributed by atoms with E-state index in [1.54, 1.807) is 14.2 Å². The molecule has 0 spiro atoms. The SMILES string of the molecule is COc1cc2c(cc1OC)[C@@H](NC(=O)CCn1cnnn1)CC2. The first-order valence-electron chi connectivity index (χ1n) is 7.46. The zero-order valence-corrected chi connectivity index (χ0v) is 13.2. The molecule has 0 saturated carbocycles. The first kappa shape index (κ1) is 15.3. The summed E-state index contributed by atoms with van der Waals surface area (Å²) >= 11 is 0. The van der Waals surface area contributed by atoms with Gasteiger partial charge in [-0.2, -0.15) is 0 Å². The fourth-order valence-electron chi connectivity index (χ4n) is 2.85. The van der Waals surface area contributed by atoms with Gasteiger partial charge in [-0.05, 0) is 46.5 Å². The van der Waals surface area contributed by atoms with Gasteiger partial charge in [-0.25, -0.2) is 4.68 Å². The minimum atomic E-state index is -0.0202. The average molecular weight is 317 g/mol. The fraction of sp³-hybridized carbons (Fsp3) is 0.467. The van der Waals surface area contributed by atoms with Crippen LogP contribution in [-0.2, 0) is 17.8 Å². The Balaban J connectivity index is 1.66. The van der Waals surface area contributed by atoms with Crippen molar-refractivity contribution in [1.29, 1.82) is 0 Å². The summed E-state index contributed by atoms with van der Waals surface area (Å²) in [4.78, 5) is 12.1. The molecular formula is C15H19N5O3. The van der Waals surface area contributed by atoms with Crippen molar-refractivity contribution in [2.75, 3.05) is 14.2 Å². The van der Waals surface area contributed by atoms with E-state index in [0.29, 0.717) is 18.7 Å². The number of methoxy groups -OCH3 is 2. The molecule has 8 heteroatoms. The molecule has 122 valence electrons. The fourth-order valence-corrected chi connectivity index (χ4v) is 2.85. The molecule has 1 aliphatic rings. The Kier molecular flexibility index (Phi) is 4.40. The molecule has 1 aromatic carbocycles. The number of rotatable bonds is 6. The Bertz CT molecular complexity index is 687. The Morgan fingerprint density at radius 3 is 2.83 bits per heavy atom. The van der Waals surface area contributed by atoms with Crippen LogP contribution >= 0.6 is 0 Å². The average Bonchev–Trinajstić information content (AvgIpc) is 3.21. The first-order valence-corrected chi connectivity index (χ1v) is 7.46. The number of tetrazole rings is 1. The summed E-state index contributed by atoms with van der Waals surface area (Å²) in [6, 6.07) is 3.95. The van der Waals surface area contributed by atoms with Gasteiger partial charge in [0.2, 0.25) is 5.91 Å². The van der Waals surface area contributed by atoms with Crippen LogP contribution in [0.2, 0.25) is 0 Å². The van der Waals surface area contributed by atoms with Crippen molar-refractivity contribution in [3.63, 3.8) is 0 Å². The van der Waals surface area contributed by atoms with Crippen molar-refractivity contribution < 1.29 is 14.3 Å². The summed E-state index contributed by atoms with van der Waals surface area (Å²) < 4.78 is 12.2. The molecule has 3 rings (SSSR count). The quantitative estimate of drug-likeness (QED) is 0.850. The van der Waals surface area contributed by atoms with Gasteiger partial charge in [-0.3, -0.25) is 4.79 Å². The van der Waals surface area contributed by atoms with Crippen LogP contribution in [0.4, 0.5) is 0 Å². The molecule has 0 radical (unpaired) electrons. The molecule has 1 aromatic heterocycles. The van der Waals surface area contributed by atoms with E-state index < -0.39 is 0 Å². The van der Waals surface area contributed by atoms with Crippen LogP contribution in [0.15, 0.2) is 18.5 Å². The highest BCUT2D eigenvalue weighted by molar-refractivity contribution is 5.76. The normalized spacial score (nSPS) is 16.0. The number of nitrogens with one attached hydrogen (secondary N) is 1. The number of aromatic nitrogens is 4. The predicted octanol–water partition coefficient (Wildman–Crippen LogP) is 0.884. The van der Waals surface area contributed by atoms with Crippen molar-refractivity contribution in [2.45, 2.75) is 31.8 Å². The number of aryl methyl sites for hydroxylation is 2. The molecule has 8 nitrogen and oxygen atoms in total. The van der Waals surface area contributed by atoms with E-state index in [2.05, 4.69) is 20.8 Å². The number of amides is 1. The number of benzene rings is 1. The van der Waals surface area contributed by atoms with Gasteiger partial charge in [0.1, 0.15) is 6.33 Å². The summed E-state index contributed by atoms with van der Waals surface area (Å²) in [5, 5.41) is 13.9. The molecule has 1 atom stereocenters. The number of nitrogens with zero attached hydrogens (tertiary/aromatic N) is 4. The Morgan fingerprint density at radius 1 is 1.35 bits per heavy atom. The van der Waals surface area contributed by atoms with Gasteiger partial charge in [0.15, 0.2) is 11.5 Å². The second-order valence-corrected chi connectivity index (χ2v) is 5.39. The van der Waals surface area contributed by atoms with E-state index >= 15 is 0 Å². The lowest BCUT2D eigenvalue weighted by atomic mass is 10.1. The molecule has 23 heavy (non-hydrogen) atoms. The molecule has 1 aliphatic carbocycles. The third-order valence-electron chi connectivity index (χ3n) is 4.02. The van der Waals surface area contributed by atoms with Gasteiger partial charge in [-0.1, -0.05) is 0 Å². The lowest BCUT2D eigenvalue weighted by Crippen LogP contribution is -2.28. The smallest absolute Gasteiger partial charge is 0.222 e. The molecule has 0 bridgehead atoms. The van der Waals surface area contributed by atoms with Gasteiger partial charge >= 0.3 is 0 Å². The van der Waals surface area contributed by atoms with Crippen molar-refractivity contribution in [2.24, 2.45) is 0 Å². The van der Waals surface area contributed by atoms with Crippen LogP contribution in [0.3, 0.4) is 0 Å². The van der Waals surface area contributed by atoms with Gasteiger partial charge in [0.25, 0.3) is 0 Å². The van der Waals surface area contributed by atoms with Crippen LogP contribution < -0.4 is 14.8 Å². The third kappa shape index (κ3) is 3.25. The molecule has 0 unspecified atom stereocenters. The van der Waals surface area contributed by atoms with Crippen molar-refractivity contribution in [3.05, 3.63) is 29.6 Å². The molecule has 0 fully saturated rings. The number of carbonyl (C=O) groups is 1. The number of hydrogen-bond donors (Lipinski definition) is 1. The van der Waals surface area contributed by atoms with E-state index in [4.69, 9.17) is 9.47 Å². The summed E-state index contributed by atoms with van der Waals surface area (Å²) in [5.74, 6) is 1.38. The van der Waals surface area contributed by atoms with Crippen molar-refractivity contribution >= 4 is 5.91 Å². The second-order valence-electron chi connectivity index (χ2n) is 5.39. The Hall–Kier alpha value is -2.64. The number of ether oxygens (including phenoxy) is 2. The Labute approximate surface area is 133 Å². The maximum Gasteiger partial charge on any atom is 0.222 e. The van der Waals surface area contributed by atoms with Gasteiger partial charge < -0.3 is 14.8 Å². The van der Waals surface area contributed by atoms with E-state index in [9.17, 15) is 4.79 Å². The molecule has 1 N–H and O–H groups in total. The van der Waals surface area contributed by atoms with Crippen molar-refractivity contribution in [3.8, 4) is 11.5 Å². The summed E-state index contributed by atoms with van der Waals surface area (Å²) in [6.07, 6.45) is 3.62. The molecule has 1 heterocycles. The van der Waals surface area contributed by atoms with Crippen LogP contribution in [0.1, 0.15) is 30.0 Å². The predicted molar refractivity (Wildman–Crippen MR) is 81.2 cm³/mol. The highest BCUT2D eigenvalue weighted by Gasteiger charge is 2.26. The van der Waals surface area contributed by atoms with Crippen LogP contribution in [0, 0.1) is 0 Å². The zero-order chi connectivity index (χ0) is 16.2. The lowest BCUT2D eigenvalue weighted by molar-refractivity contribution is -0.122. The first-order chi connectivity index (χ1) is 11.2. The highest BCUT2D eigenvalue weighted by atomic mass is 16.5. The minimum Gasteiger partial charge on any atom is -0.493 e. The number of carbonyl (C=O) groups excluding carboxylic acids is 1. The third-order valence-corrected chi connectivity index (χ3v) is 4.02. The molecular weight excluding hydrogens is 298 g/mol. The van der Waals surface area contributed by atoms with E-state index in [1.165, 1.54) is 16.6 Å². The van der Waals surface area contributed by atoms with Crippen LogP contribution in [-0.4, -0.2) is 40.3 Å². The van der Waals surface area contributed by atoms with Gasteiger partial charge in [0, 0.05) is 6.42 Å². The van der Waals surface area contributed by atoms with Crippen LogP contribution in [0.25, 0.3) is 0 Å².